The van der Waals surface area contributed by atoms with E-state index >= 15 is 0 Å². The molecule has 0 aromatic heterocycles. The van der Waals surface area contributed by atoms with Gasteiger partial charge in [-0.1, -0.05) is 55.4 Å². The Bertz CT molecular complexity index is 1010. The maximum Gasteiger partial charge on any atom is 0.362 e. The van der Waals surface area contributed by atoms with Gasteiger partial charge in [-0.3, -0.25) is 4.57 Å². The van der Waals surface area contributed by atoms with Gasteiger partial charge in [-0.25, -0.2) is 0 Å². The number of aliphatic hydroxyl groups is 1. The number of benzene rings is 2. The minimum atomic E-state index is -3.56. The van der Waals surface area contributed by atoms with Crippen molar-refractivity contribution in [1.29, 1.82) is 0 Å². The normalized spacial score (nSPS) is 24.1. The molecular weight excluding hydrogens is 419 g/mol. The molecule has 4 rings (SSSR count). The van der Waals surface area contributed by atoms with Crippen LogP contribution >= 0.6 is 19.4 Å². The van der Waals surface area contributed by atoms with Gasteiger partial charge < -0.3 is 18.9 Å². The summed E-state index contributed by atoms with van der Waals surface area (Å²) < 4.78 is 31.0. The molecule has 5 nitrogen and oxygen atoms in total. The van der Waals surface area contributed by atoms with Crippen molar-refractivity contribution >= 4 is 24.7 Å². The second-order valence-corrected chi connectivity index (χ2v) is 11.7. The molecule has 1 atom stereocenters. The van der Waals surface area contributed by atoms with Gasteiger partial charge in [0.05, 0.1) is 31.7 Å². The van der Waals surface area contributed by atoms with E-state index < -0.39 is 13.7 Å². The largest absolute Gasteiger partial charge is 0.497 e. The molecule has 1 unspecified atom stereocenters. The van der Waals surface area contributed by atoms with E-state index in [0.717, 1.165) is 26.5 Å². The van der Waals surface area contributed by atoms with E-state index in [1.54, 1.807) is 7.11 Å². The predicted octanol–water partition coefficient (Wildman–Crippen LogP) is 6.17. The van der Waals surface area contributed by atoms with Crippen LogP contribution in [0.2, 0.25) is 0 Å². The molecule has 0 amide bonds. The third kappa shape index (κ3) is 4.25. The van der Waals surface area contributed by atoms with Crippen molar-refractivity contribution < 1.29 is 23.5 Å². The van der Waals surface area contributed by atoms with Gasteiger partial charge in [-0.05, 0) is 36.2 Å². The molecule has 0 bridgehead atoms. The van der Waals surface area contributed by atoms with Crippen LogP contribution in [0.1, 0.15) is 43.1 Å². The first-order valence-electron chi connectivity index (χ1n) is 9.94. The molecule has 2 aliphatic rings. The predicted molar refractivity (Wildman–Crippen MR) is 120 cm³/mol. The van der Waals surface area contributed by atoms with Crippen LogP contribution < -0.4 is 4.74 Å². The van der Waals surface area contributed by atoms with E-state index in [2.05, 4.69) is 0 Å². The van der Waals surface area contributed by atoms with Crippen molar-refractivity contribution in [2.24, 2.45) is 5.41 Å². The number of aryl methyl sites for hydroxylation is 1. The fourth-order valence-electron chi connectivity index (χ4n) is 3.57. The Morgan fingerprint density at radius 3 is 2.47 bits per heavy atom. The Hall–Kier alpha value is -1.56. The van der Waals surface area contributed by atoms with Crippen LogP contribution in [-0.2, 0) is 13.6 Å². The molecule has 7 heteroatoms. The highest BCUT2D eigenvalue weighted by Crippen LogP contribution is 2.67. The van der Waals surface area contributed by atoms with E-state index in [1.165, 1.54) is 11.8 Å². The molecule has 0 spiro atoms. The molecule has 0 aliphatic carbocycles. The lowest BCUT2D eigenvalue weighted by molar-refractivity contribution is 0.0467. The number of thioether (sulfide) groups is 1. The maximum atomic E-state index is 13.9. The van der Waals surface area contributed by atoms with Gasteiger partial charge in [-0.15, -0.1) is 0 Å². The standard InChI is InChI=1S/C23H27O5PS/c1-15-5-10-20-18(11-15)19(24)12-21(30-20)22(16-6-8-17(26-4)9-7-16)29(25)27-13-23(2,3)14-28-29/h5-11,19,24H,12-14H2,1-4H3/b22-21+. The summed E-state index contributed by atoms with van der Waals surface area (Å²) in [4.78, 5) is 1.77. The van der Waals surface area contributed by atoms with E-state index in [-0.39, 0.29) is 5.41 Å². The molecule has 1 saturated heterocycles. The third-order valence-electron chi connectivity index (χ3n) is 5.29. The molecule has 1 N–H and O–H groups in total. The molecule has 30 heavy (non-hydrogen) atoms. The van der Waals surface area contributed by atoms with Crippen molar-refractivity contribution in [3.8, 4) is 5.75 Å². The molecule has 2 aliphatic heterocycles. The summed E-state index contributed by atoms with van der Waals surface area (Å²) in [5.74, 6) is 0.713. The van der Waals surface area contributed by atoms with Crippen LogP contribution in [0, 0.1) is 12.3 Å². The first-order valence-corrected chi connectivity index (χ1v) is 12.3. The Labute approximate surface area is 182 Å². The van der Waals surface area contributed by atoms with Crippen molar-refractivity contribution in [2.45, 2.75) is 38.2 Å². The number of rotatable bonds is 3. The van der Waals surface area contributed by atoms with E-state index in [9.17, 15) is 9.67 Å². The SMILES string of the molecule is COc1ccc(/C(=C2/CC(O)c3cc(C)ccc3S2)P2(=O)OCC(C)(C)CO2)cc1. The Morgan fingerprint density at radius 1 is 1.17 bits per heavy atom. The van der Waals surface area contributed by atoms with Crippen molar-refractivity contribution in [3.05, 3.63) is 64.1 Å². The number of fused-ring (bicyclic) bond motifs is 1. The van der Waals surface area contributed by atoms with Crippen LogP contribution in [0.15, 0.2) is 52.3 Å². The van der Waals surface area contributed by atoms with Gasteiger partial charge in [0.2, 0.25) is 0 Å². The molecular formula is C23H27O5PS. The monoisotopic (exact) mass is 446 g/mol. The van der Waals surface area contributed by atoms with Gasteiger partial charge in [0, 0.05) is 21.6 Å². The molecule has 2 heterocycles. The van der Waals surface area contributed by atoms with Crippen LogP contribution in [0.5, 0.6) is 5.75 Å². The van der Waals surface area contributed by atoms with Crippen molar-refractivity contribution in [3.63, 3.8) is 0 Å². The lowest BCUT2D eigenvalue weighted by Gasteiger charge is -2.36. The van der Waals surface area contributed by atoms with Gasteiger partial charge in [-0.2, -0.15) is 0 Å². The van der Waals surface area contributed by atoms with Gasteiger partial charge in [0.25, 0.3) is 0 Å². The Balaban J connectivity index is 1.83. The highest BCUT2D eigenvalue weighted by atomic mass is 32.2. The minimum absolute atomic E-state index is 0.201. The average Bonchev–Trinajstić information content (AvgIpc) is 2.72. The van der Waals surface area contributed by atoms with Crippen LogP contribution in [0.25, 0.3) is 5.31 Å². The van der Waals surface area contributed by atoms with Crippen LogP contribution in [0.3, 0.4) is 0 Å². The van der Waals surface area contributed by atoms with Gasteiger partial charge in [0.1, 0.15) is 5.75 Å². The highest BCUT2D eigenvalue weighted by Gasteiger charge is 2.42. The summed E-state index contributed by atoms with van der Waals surface area (Å²) in [6.07, 6.45) is -0.306. The van der Waals surface area contributed by atoms with Gasteiger partial charge in [0.15, 0.2) is 0 Å². The van der Waals surface area contributed by atoms with Crippen molar-refractivity contribution in [1.82, 2.24) is 0 Å². The second-order valence-electron chi connectivity index (χ2n) is 8.57. The summed E-state index contributed by atoms with van der Waals surface area (Å²) in [5, 5.41) is 11.4. The summed E-state index contributed by atoms with van der Waals surface area (Å²) in [5.41, 5.74) is 2.56. The zero-order valence-electron chi connectivity index (χ0n) is 17.7. The molecule has 2 aromatic carbocycles. The fourth-order valence-corrected chi connectivity index (χ4v) is 7.45. The zero-order valence-corrected chi connectivity index (χ0v) is 19.4. The minimum Gasteiger partial charge on any atom is -0.497 e. The third-order valence-corrected chi connectivity index (χ3v) is 8.66. The lowest BCUT2D eigenvalue weighted by atomic mass is 9.97. The summed E-state index contributed by atoms with van der Waals surface area (Å²) in [6, 6.07) is 13.4. The van der Waals surface area contributed by atoms with E-state index in [1.807, 2.05) is 63.2 Å². The first-order chi connectivity index (χ1) is 14.2. The number of methoxy groups -OCH3 is 1. The number of hydrogen-bond acceptors (Lipinski definition) is 6. The average molecular weight is 447 g/mol. The van der Waals surface area contributed by atoms with Crippen molar-refractivity contribution in [2.75, 3.05) is 20.3 Å². The smallest absolute Gasteiger partial charge is 0.362 e. The van der Waals surface area contributed by atoms with Crippen LogP contribution in [0.4, 0.5) is 0 Å². The fraction of sp³-hybridized carbons (Fsp3) is 0.391. The molecule has 2 aromatic rings. The number of aliphatic hydroxyl groups excluding tert-OH is 1. The molecule has 160 valence electrons. The maximum absolute atomic E-state index is 13.9. The zero-order chi connectivity index (χ0) is 21.5. The lowest BCUT2D eigenvalue weighted by Crippen LogP contribution is -2.29. The topological polar surface area (TPSA) is 65.0 Å². The highest BCUT2D eigenvalue weighted by molar-refractivity contribution is 8.03. The Morgan fingerprint density at radius 2 is 1.83 bits per heavy atom. The second kappa shape index (κ2) is 8.18. The molecule has 0 radical (unpaired) electrons. The first kappa shape index (κ1) is 21.7. The summed E-state index contributed by atoms with van der Waals surface area (Å²) in [6.45, 7) is 6.75. The number of ether oxygens (including phenoxy) is 1. The summed E-state index contributed by atoms with van der Waals surface area (Å²) in [7, 11) is -1.95. The number of hydrogen-bond donors (Lipinski definition) is 1. The Kier molecular flexibility index (Phi) is 5.90. The van der Waals surface area contributed by atoms with Crippen LogP contribution in [-0.4, -0.2) is 25.4 Å². The van der Waals surface area contributed by atoms with Gasteiger partial charge >= 0.3 is 7.60 Å². The quantitative estimate of drug-likeness (QED) is 0.569. The van der Waals surface area contributed by atoms with E-state index in [4.69, 9.17) is 13.8 Å². The molecule has 1 fully saturated rings. The molecule has 0 saturated carbocycles. The van der Waals surface area contributed by atoms with E-state index in [0.29, 0.717) is 30.7 Å². The summed E-state index contributed by atoms with van der Waals surface area (Å²) >= 11 is 1.53.